The molecule has 2 amide bonds. The molecule has 1 fully saturated rings. The summed E-state index contributed by atoms with van der Waals surface area (Å²) in [5, 5.41) is 24.1. The summed E-state index contributed by atoms with van der Waals surface area (Å²) in [6.45, 7) is 1.83. The molecule has 7 heteroatoms. The Morgan fingerprint density at radius 1 is 1.26 bits per heavy atom. The monoisotopic (exact) mass is 376 g/mol. The van der Waals surface area contributed by atoms with Crippen LogP contribution in [-0.2, 0) is 16.2 Å². The molecule has 0 unspecified atom stereocenters. The maximum atomic E-state index is 12.7. The molecule has 1 aromatic carbocycles. The van der Waals surface area contributed by atoms with Crippen LogP contribution in [0.2, 0.25) is 0 Å². The molecule has 2 rings (SSSR count). The minimum absolute atomic E-state index is 0.168. The second-order valence-electron chi connectivity index (χ2n) is 7.02. The molecule has 4 N–H and O–H groups in total. The van der Waals surface area contributed by atoms with Crippen molar-refractivity contribution < 1.29 is 24.6 Å². The molecule has 0 heterocycles. The zero-order chi connectivity index (χ0) is 19.8. The van der Waals surface area contributed by atoms with E-state index in [0.717, 1.165) is 19.3 Å². The van der Waals surface area contributed by atoms with Crippen LogP contribution in [0.15, 0.2) is 24.3 Å². The van der Waals surface area contributed by atoms with Crippen molar-refractivity contribution in [2.45, 2.75) is 64.1 Å². The van der Waals surface area contributed by atoms with Crippen LogP contribution in [-0.4, -0.2) is 40.1 Å². The van der Waals surface area contributed by atoms with Gasteiger partial charge in [-0.3, -0.25) is 14.4 Å². The number of amides is 2. The summed E-state index contributed by atoms with van der Waals surface area (Å²) < 4.78 is 0. The van der Waals surface area contributed by atoms with E-state index in [4.69, 9.17) is 0 Å². The van der Waals surface area contributed by atoms with E-state index in [0.29, 0.717) is 30.4 Å². The van der Waals surface area contributed by atoms with Gasteiger partial charge in [0.15, 0.2) is 0 Å². The van der Waals surface area contributed by atoms with E-state index in [9.17, 15) is 24.6 Å². The lowest BCUT2D eigenvalue weighted by Crippen LogP contribution is -2.51. The van der Waals surface area contributed by atoms with Gasteiger partial charge in [0.1, 0.15) is 6.04 Å². The van der Waals surface area contributed by atoms with Crippen LogP contribution in [0.25, 0.3) is 0 Å². The zero-order valence-electron chi connectivity index (χ0n) is 15.6. The minimum atomic E-state index is -0.896. The van der Waals surface area contributed by atoms with Gasteiger partial charge in [-0.1, -0.05) is 38.3 Å². The van der Waals surface area contributed by atoms with Crippen LogP contribution in [0.4, 0.5) is 0 Å². The number of aliphatic hydroxyl groups is 1. The average Bonchev–Trinajstić information content (AvgIpc) is 3.13. The Morgan fingerprint density at radius 2 is 2.04 bits per heavy atom. The number of hydrogen-bond acceptors (Lipinski definition) is 4. The predicted molar refractivity (Wildman–Crippen MR) is 100 cm³/mol. The molecule has 1 aliphatic carbocycles. The van der Waals surface area contributed by atoms with E-state index >= 15 is 0 Å². The first kappa shape index (κ1) is 20.9. The van der Waals surface area contributed by atoms with Gasteiger partial charge in [-0.2, -0.15) is 0 Å². The number of nitrogens with one attached hydrogen (secondary N) is 2. The van der Waals surface area contributed by atoms with Crippen LogP contribution >= 0.6 is 0 Å². The van der Waals surface area contributed by atoms with E-state index in [2.05, 4.69) is 10.6 Å². The van der Waals surface area contributed by atoms with Gasteiger partial charge >= 0.3 is 5.97 Å². The number of aliphatic hydroxyl groups excluding tert-OH is 1. The molecule has 3 atom stereocenters. The van der Waals surface area contributed by atoms with Crippen LogP contribution in [0.5, 0.6) is 0 Å². The molecule has 0 spiro atoms. The molecule has 0 bridgehead atoms. The fourth-order valence-corrected chi connectivity index (χ4v) is 3.44. The molecule has 0 saturated heterocycles. The van der Waals surface area contributed by atoms with Crippen molar-refractivity contribution >= 4 is 17.8 Å². The Balaban J connectivity index is 2.05. The molecule has 148 valence electrons. The number of carbonyl (C=O) groups excluding carboxylic acids is 2. The SMILES string of the molecule is CCCC[C@H](NC(=O)c1cccc(CO)c1)C(=O)N[C@H]1CCC[C@H]1C(=O)O. The smallest absolute Gasteiger partial charge is 0.308 e. The molecule has 1 saturated carbocycles. The number of rotatable bonds is 9. The molecule has 0 aliphatic heterocycles. The van der Waals surface area contributed by atoms with E-state index in [1.807, 2.05) is 6.92 Å². The summed E-state index contributed by atoms with van der Waals surface area (Å²) in [5.41, 5.74) is 0.993. The van der Waals surface area contributed by atoms with Crippen molar-refractivity contribution in [2.24, 2.45) is 5.92 Å². The number of benzene rings is 1. The first-order valence-corrected chi connectivity index (χ1v) is 9.50. The Hall–Kier alpha value is -2.41. The molecular formula is C20H28N2O5. The predicted octanol–water partition coefficient (Wildman–Crippen LogP) is 1.84. The van der Waals surface area contributed by atoms with Crippen molar-refractivity contribution in [3.05, 3.63) is 35.4 Å². The van der Waals surface area contributed by atoms with Gasteiger partial charge in [0.05, 0.1) is 12.5 Å². The number of carboxylic acids is 1. The first-order chi connectivity index (χ1) is 13.0. The van der Waals surface area contributed by atoms with Gasteiger partial charge in [0.2, 0.25) is 5.91 Å². The summed E-state index contributed by atoms with van der Waals surface area (Å²) in [5.74, 6) is -2.19. The summed E-state index contributed by atoms with van der Waals surface area (Å²) >= 11 is 0. The van der Waals surface area contributed by atoms with Gasteiger partial charge < -0.3 is 20.8 Å². The summed E-state index contributed by atoms with van der Waals surface area (Å²) in [7, 11) is 0. The van der Waals surface area contributed by atoms with Crippen molar-refractivity contribution in [1.29, 1.82) is 0 Å². The van der Waals surface area contributed by atoms with Crippen molar-refractivity contribution in [3.63, 3.8) is 0 Å². The van der Waals surface area contributed by atoms with Gasteiger partial charge in [-0.15, -0.1) is 0 Å². The number of carbonyl (C=O) groups is 3. The normalized spacial score (nSPS) is 20.1. The quantitative estimate of drug-likeness (QED) is 0.525. The highest BCUT2D eigenvalue weighted by Crippen LogP contribution is 2.26. The van der Waals surface area contributed by atoms with E-state index in [1.54, 1.807) is 24.3 Å². The highest BCUT2D eigenvalue weighted by atomic mass is 16.4. The lowest BCUT2D eigenvalue weighted by Gasteiger charge is -2.23. The molecule has 1 aliphatic rings. The molecule has 0 aromatic heterocycles. The second kappa shape index (κ2) is 10.1. The van der Waals surface area contributed by atoms with Crippen molar-refractivity contribution in [3.8, 4) is 0 Å². The third-order valence-corrected chi connectivity index (χ3v) is 5.00. The van der Waals surface area contributed by atoms with E-state index < -0.39 is 24.0 Å². The number of carboxylic acid groups (broad SMARTS) is 1. The molecule has 1 aromatic rings. The molecule has 7 nitrogen and oxygen atoms in total. The van der Waals surface area contributed by atoms with Crippen LogP contribution < -0.4 is 10.6 Å². The van der Waals surface area contributed by atoms with E-state index in [1.165, 1.54) is 0 Å². The lowest BCUT2D eigenvalue weighted by atomic mass is 10.0. The summed E-state index contributed by atoms with van der Waals surface area (Å²) in [6.07, 6.45) is 4.08. The zero-order valence-corrected chi connectivity index (χ0v) is 15.6. The van der Waals surface area contributed by atoms with Crippen LogP contribution in [0.1, 0.15) is 61.4 Å². The van der Waals surface area contributed by atoms with Gasteiger partial charge in [-0.25, -0.2) is 0 Å². The molecular weight excluding hydrogens is 348 g/mol. The largest absolute Gasteiger partial charge is 0.481 e. The maximum Gasteiger partial charge on any atom is 0.308 e. The number of unbranched alkanes of at least 4 members (excludes halogenated alkanes) is 1. The van der Waals surface area contributed by atoms with Crippen LogP contribution in [0.3, 0.4) is 0 Å². The maximum absolute atomic E-state index is 12.7. The Bertz CT molecular complexity index is 676. The first-order valence-electron chi connectivity index (χ1n) is 9.50. The fourth-order valence-electron chi connectivity index (χ4n) is 3.44. The lowest BCUT2D eigenvalue weighted by molar-refractivity contribution is -0.142. The van der Waals surface area contributed by atoms with E-state index in [-0.39, 0.29) is 18.4 Å². The Morgan fingerprint density at radius 3 is 2.70 bits per heavy atom. The van der Waals surface area contributed by atoms with Crippen LogP contribution in [0, 0.1) is 5.92 Å². The fraction of sp³-hybridized carbons (Fsp3) is 0.550. The molecule has 0 radical (unpaired) electrons. The Labute approximate surface area is 159 Å². The van der Waals surface area contributed by atoms with Gasteiger partial charge in [0, 0.05) is 11.6 Å². The summed E-state index contributed by atoms with van der Waals surface area (Å²) in [4.78, 5) is 36.6. The van der Waals surface area contributed by atoms with Crippen molar-refractivity contribution in [2.75, 3.05) is 0 Å². The number of hydrogen-bond donors (Lipinski definition) is 4. The second-order valence-corrected chi connectivity index (χ2v) is 7.02. The topological polar surface area (TPSA) is 116 Å². The van der Waals surface area contributed by atoms with Gasteiger partial charge in [0.25, 0.3) is 5.91 Å². The molecule has 27 heavy (non-hydrogen) atoms. The highest BCUT2D eigenvalue weighted by Gasteiger charge is 2.35. The minimum Gasteiger partial charge on any atom is -0.481 e. The Kier molecular flexibility index (Phi) is 7.79. The number of aliphatic carboxylic acids is 1. The summed E-state index contributed by atoms with van der Waals surface area (Å²) in [6, 6.07) is 5.49. The van der Waals surface area contributed by atoms with Crippen molar-refractivity contribution in [1.82, 2.24) is 10.6 Å². The van der Waals surface area contributed by atoms with Gasteiger partial charge in [-0.05, 0) is 37.0 Å². The highest BCUT2D eigenvalue weighted by molar-refractivity contribution is 5.97. The third kappa shape index (κ3) is 5.79. The third-order valence-electron chi connectivity index (χ3n) is 5.00. The standard InChI is InChI=1S/C20H28N2O5/c1-2-3-9-17(19(25)21-16-10-5-8-15(16)20(26)27)22-18(24)14-7-4-6-13(11-14)12-23/h4,6-7,11,15-17,23H,2-3,5,8-10,12H2,1H3,(H,21,25)(H,22,24)(H,26,27)/t15-,16+,17+/m1/s1. The average molecular weight is 376 g/mol.